The third kappa shape index (κ3) is 3.93. The van der Waals surface area contributed by atoms with Crippen molar-refractivity contribution in [2.45, 2.75) is 23.8 Å². The summed E-state index contributed by atoms with van der Waals surface area (Å²) in [6, 6.07) is 5.56. The Kier molecular flexibility index (Phi) is 4.81. The zero-order chi connectivity index (χ0) is 15.5. The van der Waals surface area contributed by atoms with E-state index in [1.165, 1.54) is 28.6 Å². The van der Waals surface area contributed by atoms with E-state index in [-0.39, 0.29) is 17.2 Å². The number of rotatable bonds is 5. The molecule has 21 heavy (non-hydrogen) atoms. The smallest absolute Gasteiger partial charge is 0.341 e. The van der Waals surface area contributed by atoms with Gasteiger partial charge >= 0.3 is 5.97 Å². The van der Waals surface area contributed by atoms with Crippen LogP contribution in [-0.4, -0.2) is 54.7 Å². The van der Waals surface area contributed by atoms with Crippen LogP contribution in [-0.2, 0) is 14.8 Å². The number of ether oxygens (including phenoxy) is 1. The molecule has 1 aromatic rings. The molecule has 0 aromatic heterocycles. The molecule has 8 heteroatoms. The van der Waals surface area contributed by atoms with Crippen LogP contribution < -0.4 is 4.74 Å². The molecule has 1 unspecified atom stereocenters. The van der Waals surface area contributed by atoms with Gasteiger partial charge in [0.1, 0.15) is 5.75 Å². The van der Waals surface area contributed by atoms with Gasteiger partial charge in [0.05, 0.1) is 11.0 Å². The highest BCUT2D eigenvalue weighted by atomic mass is 32.2. The molecular formula is C13H17NO6S. The molecule has 0 saturated carbocycles. The van der Waals surface area contributed by atoms with Crippen LogP contribution in [0.3, 0.4) is 0 Å². The molecule has 2 N–H and O–H groups in total. The number of benzene rings is 1. The molecule has 1 heterocycles. The zero-order valence-corrected chi connectivity index (χ0v) is 12.1. The minimum Gasteiger partial charge on any atom is -0.482 e. The predicted octanol–water partition coefficient (Wildman–Crippen LogP) is 0.295. The predicted molar refractivity (Wildman–Crippen MR) is 73.6 cm³/mol. The van der Waals surface area contributed by atoms with E-state index in [1.807, 2.05) is 0 Å². The van der Waals surface area contributed by atoms with Crippen molar-refractivity contribution in [1.82, 2.24) is 4.31 Å². The number of nitrogens with zero attached hydrogens (tertiary/aromatic N) is 1. The first kappa shape index (κ1) is 15.7. The summed E-state index contributed by atoms with van der Waals surface area (Å²) in [7, 11) is -3.64. The molecule has 0 spiro atoms. The third-order valence-corrected chi connectivity index (χ3v) is 5.06. The van der Waals surface area contributed by atoms with Gasteiger partial charge in [0.25, 0.3) is 0 Å². The van der Waals surface area contributed by atoms with E-state index >= 15 is 0 Å². The highest BCUT2D eigenvalue weighted by Gasteiger charge is 2.29. The Bertz CT molecular complexity index is 598. The van der Waals surface area contributed by atoms with Crippen molar-refractivity contribution >= 4 is 16.0 Å². The number of hydrogen-bond acceptors (Lipinski definition) is 5. The first-order valence-electron chi connectivity index (χ1n) is 6.52. The lowest BCUT2D eigenvalue weighted by molar-refractivity contribution is -0.139. The molecule has 1 atom stereocenters. The second-order valence-electron chi connectivity index (χ2n) is 4.81. The summed E-state index contributed by atoms with van der Waals surface area (Å²) in [6.45, 7) is 0.000667. The summed E-state index contributed by atoms with van der Waals surface area (Å²) in [5.41, 5.74) is 0. The van der Waals surface area contributed by atoms with Crippen molar-refractivity contribution in [2.75, 3.05) is 19.7 Å². The van der Waals surface area contributed by atoms with Crippen molar-refractivity contribution in [1.29, 1.82) is 0 Å². The van der Waals surface area contributed by atoms with Crippen molar-refractivity contribution in [3.63, 3.8) is 0 Å². The van der Waals surface area contributed by atoms with Gasteiger partial charge in [-0.05, 0) is 37.1 Å². The summed E-state index contributed by atoms with van der Waals surface area (Å²) < 4.78 is 31.0. The summed E-state index contributed by atoms with van der Waals surface area (Å²) in [5, 5.41) is 18.1. The second kappa shape index (κ2) is 6.42. The van der Waals surface area contributed by atoms with Crippen molar-refractivity contribution in [2.24, 2.45) is 0 Å². The topological polar surface area (TPSA) is 104 Å². The fourth-order valence-corrected chi connectivity index (χ4v) is 3.66. The minimum absolute atomic E-state index is 0.0966. The molecule has 1 saturated heterocycles. The van der Waals surface area contributed by atoms with Crippen LogP contribution >= 0.6 is 0 Å². The number of aliphatic hydroxyl groups is 1. The van der Waals surface area contributed by atoms with E-state index in [4.69, 9.17) is 9.84 Å². The lowest BCUT2D eigenvalue weighted by atomic mass is 10.1. The lowest BCUT2D eigenvalue weighted by Crippen LogP contribution is -2.42. The first-order chi connectivity index (χ1) is 9.89. The normalized spacial score (nSPS) is 20.1. The van der Waals surface area contributed by atoms with E-state index in [9.17, 15) is 18.3 Å². The minimum atomic E-state index is -3.64. The monoisotopic (exact) mass is 315 g/mol. The molecule has 1 aliphatic rings. The average Bonchev–Trinajstić information content (AvgIpc) is 2.45. The number of hydrogen-bond donors (Lipinski definition) is 2. The van der Waals surface area contributed by atoms with Crippen molar-refractivity contribution < 1.29 is 28.2 Å². The van der Waals surface area contributed by atoms with Gasteiger partial charge in [-0.2, -0.15) is 4.31 Å². The first-order valence-corrected chi connectivity index (χ1v) is 7.96. The third-order valence-electron chi connectivity index (χ3n) is 3.18. The fraction of sp³-hybridized carbons (Fsp3) is 0.462. The summed E-state index contributed by atoms with van der Waals surface area (Å²) >= 11 is 0. The number of sulfonamides is 1. The molecular weight excluding hydrogens is 298 g/mol. The summed E-state index contributed by atoms with van der Waals surface area (Å²) in [6.07, 6.45) is 0.598. The molecule has 0 aliphatic carbocycles. The lowest BCUT2D eigenvalue weighted by Gasteiger charge is -2.29. The fourth-order valence-electron chi connectivity index (χ4n) is 2.14. The van der Waals surface area contributed by atoms with Crippen LogP contribution in [0.1, 0.15) is 12.8 Å². The molecule has 1 fully saturated rings. The Morgan fingerprint density at radius 2 is 2.00 bits per heavy atom. The van der Waals surface area contributed by atoms with Crippen LogP contribution in [0, 0.1) is 0 Å². The number of piperidine rings is 1. The highest BCUT2D eigenvalue weighted by molar-refractivity contribution is 7.89. The van der Waals surface area contributed by atoms with Crippen molar-refractivity contribution in [3.8, 4) is 5.75 Å². The Morgan fingerprint density at radius 1 is 1.33 bits per heavy atom. The quantitative estimate of drug-likeness (QED) is 0.809. The van der Waals surface area contributed by atoms with Crippen LogP contribution in [0.15, 0.2) is 29.2 Å². The highest BCUT2D eigenvalue weighted by Crippen LogP contribution is 2.22. The number of carboxylic acid groups (broad SMARTS) is 1. The van der Waals surface area contributed by atoms with Crippen LogP contribution in [0.2, 0.25) is 0 Å². The Labute approximate surface area is 122 Å². The van der Waals surface area contributed by atoms with Gasteiger partial charge in [-0.15, -0.1) is 0 Å². The largest absolute Gasteiger partial charge is 0.482 e. The molecule has 0 radical (unpaired) electrons. The SMILES string of the molecule is O=C(O)COc1ccc(S(=O)(=O)N2CCCC(O)C2)cc1. The number of β-amino-alcohol motifs (C(OH)–C–C–N with tert-alkyl or cyclic N) is 1. The van der Waals surface area contributed by atoms with Crippen LogP contribution in [0.4, 0.5) is 0 Å². The molecule has 0 amide bonds. The molecule has 1 aromatic carbocycles. The van der Waals surface area contributed by atoms with Gasteiger partial charge in [-0.1, -0.05) is 0 Å². The molecule has 1 aliphatic heterocycles. The van der Waals surface area contributed by atoms with Gasteiger partial charge in [-0.3, -0.25) is 0 Å². The van der Waals surface area contributed by atoms with Gasteiger partial charge in [0.15, 0.2) is 6.61 Å². The number of carboxylic acids is 1. The van der Waals surface area contributed by atoms with Gasteiger partial charge in [-0.25, -0.2) is 13.2 Å². The molecule has 116 valence electrons. The van der Waals surface area contributed by atoms with E-state index in [0.717, 1.165) is 0 Å². The van der Waals surface area contributed by atoms with E-state index in [1.54, 1.807) is 0 Å². The van der Waals surface area contributed by atoms with Crippen LogP contribution in [0.25, 0.3) is 0 Å². The maximum atomic E-state index is 12.4. The zero-order valence-electron chi connectivity index (χ0n) is 11.3. The molecule has 7 nitrogen and oxygen atoms in total. The average molecular weight is 315 g/mol. The molecule has 0 bridgehead atoms. The van der Waals surface area contributed by atoms with Gasteiger partial charge < -0.3 is 14.9 Å². The second-order valence-corrected chi connectivity index (χ2v) is 6.75. The summed E-state index contributed by atoms with van der Waals surface area (Å²) in [5.74, 6) is -0.816. The number of aliphatic carboxylic acids is 1. The van der Waals surface area contributed by atoms with E-state index in [0.29, 0.717) is 19.4 Å². The standard InChI is InChI=1S/C13H17NO6S/c15-10-2-1-7-14(8-10)21(18,19)12-5-3-11(4-6-12)20-9-13(16)17/h3-6,10,15H,1-2,7-9H2,(H,16,17). The van der Waals surface area contributed by atoms with Gasteiger partial charge in [0.2, 0.25) is 10.0 Å². The van der Waals surface area contributed by atoms with E-state index in [2.05, 4.69) is 0 Å². The van der Waals surface area contributed by atoms with Crippen LogP contribution in [0.5, 0.6) is 5.75 Å². The Balaban J connectivity index is 2.11. The Morgan fingerprint density at radius 3 is 2.57 bits per heavy atom. The number of aliphatic hydroxyl groups excluding tert-OH is 1. The number of carbonyl (C=O) groups is 1. The van der Waals surface area contributed by atoms with Crippen molar-refractivity contribution in [3.05, 3.63) is 24.3 Å². The van der Waals surface area contributed by atoms with E-state index < -0.39 is 28.7 Å². The molecule has 2 rings (SSSR count). The summed E-state index contributed by atoms with van der Waals surface area (Å²) in [4.78, 5) is 10.5. The Hall–Kier alpha value is -1.64. The maximum Gasteiger partial charge on any atom is 0.341 e. The maximum absolute atomic E-state index is 12.4. The van der Waals surface area contributed by atoms with Gasteiger partial charge in [0, 0.05) is 13.1 Å².